The molecule has 2 N–H and O–H groups in total. The summed E-state index contributed by atoms with van der Waals surface area (Å²) < 4.78 is 38.6. The highest BCUT2D eigenvalue weighted by Gasteiger charge is 2.37. The third kappa shape index (κ3) is 5.38. The van der Waals surface area contributed by atoms with Crippen LogP contribution < -0.4 is 5.73 Å². The topological polar surface area (TPSA) is 46.3 Å². The van der Waals surface area contributed by atoms with Gasteiger partial charge in [-0.15, -0.1) is 12.4 Å². The summed E-state index contributed by atoms with van der Waals surface area (Å²) in [4.78, 5) is 14.2. The standard InChI is InChI=1S/C17H23F3N2O.ClH/c1-11(21)6-9-16(23)22(15-7-8-15)12(2)13-4-3-5-14(10-13)17(18,19)20;/h3-5,10-12,15H,6-9,21H2,1-2H3;1H. The van der Waals surface area contributed by atoms with E-state index in [1.807, 2.05) is 6.92 Å². The Morgan fingerprint density at radius 3 is 2.46 bits per heavy atom. The molecule has 1 aliphatic rings. The van der Waals surface area contributed by atoms with Gasteiger partial charge in [0.2, 0.25) is 5.91 Å². The van der Waals surface area contributed by atoms with Gasteiger partial charge in [0.1, 0.15) is 0 Å². The molecule has 2 rings (SSSR count). The molecule has 1 amide bonds. The van der Waals surface area contributed by atoms with Crippen molar-refractivity contribution in [3.63, 3.8) is 0 Å². The molecule has 0 spiro atoms. The van der Waals surface area contributed by atoms with Gasteiger partial charge in [0.25, 0.3) is 0 Å². The van der Waals surface area contributed by atoms with Crippen molar-refractivity contribution in [2.45, 2.75) is 63.8 Å². The average Bonchev–Trinajstić information content (AvgIpc) is 3.29. The van der Waals surface area contributed by atoms with Crippen LogP contribution in [-0.2, 0) is 11.0 Å². The molecular weight excluding hydrogens is 341 g/mol. The Bertz CT molecular complexity index is 559. The summed E-state index contributed by atoms with van der Waals surface area (Å²) in [7, 11) is 0. The Morgan fingerprint density at radius 2 is 1.96 bits per heavy atom. The van der Waals surface area contributed by atoms with Crippen molar-refractivity contribution in [1.82, 2.24) is 4.90 Å². The van der Waals surface area contributed by atoms with Crippen molar-refractivity contribution in [1.29, 1.82) is 0 Å². The molecule has 0 bridgehead atoms. The van der Waals surface area contributed by atoms with Crippen molar-refractivity contribution in [3.8, 4) is 0 Å². The quantitative estimate of drug-likeness (QED) is 0.817. The van der Waals surface area contributed by atoms with Crippen molar-refractivity contribution < 1.29 is 18.0 Å². The summed E-state index contributed by atoms with van der Waals surface area (Å²) >= 11 is 0. The summed E-state index contributed by atoms with van der Waals surface area (Å²) in [6, 6.07) is 4.93. The highest BCUT2D eigenvalue weighted by atomic mass is 35.5. The van der Waals surface area contributed by atoms with E-state index in [9.17, 15) is 18.0 Å². The molecule has 1 aromatic rings. The van der Waals surface area contributed by atoms with E-state index in [0.29, 0.717) is 18.4 Å². The first kappa shape index (κ1) is 20.8. The summed E-state index contributed by atoms with van der Waals surface area (Å²) in [6.07, 6.45) is -1.64. The van der Waals surface area contributed by atoms with Gasteiger partial charge in [-0.2, -0.15) is 13.2 Å². The van der Waals surface area contributed by atoms with Gasteiger partial charge in [0, 0.05) is 18.5 Å². The fourth-order valence-corrected chi connectivity index (χ4v) is 2.70. The number of hydrogen-bond donors (Lipinski definition) is 1. The molecule has 1 saturated carbocycles. The van der Waals surface area contributed by atoms with Crippen LogP contribution >= 0.6 is 12.4 Å². The number of nitrogens with two attached hydrogens (primary N) is 1. The Kier molecular flexibility index (Phi) is 7.10. The van der Waals surface area contributed by atoms with E-state index in [-0.39, 0.29) is 36.4 Å². The van der Waals surface area contributed by atoms with Gasteiger partial charge in [-0.05, 0) is 50.8 Å². The Hall–Kier alpha value is -1.27. The van der Waals surface area contributed by atoms with Crippen LogP contribution in [0.15, 0.2) is 24.3 Å². The number of carbonyl (C=O) groups is 1. The van der Waals surface area contributed by atoms with Gasteiger partial charge < -0.3 is 10.6 Å². The number of halogens is 4. The number of benzene rings is 1. The van der Waals surface area contributed by atoms with E-state index in [1.54, 1.807) is 17.9 Å². The maximum Gasteiger partial charge on any atom is 0.416 e. The van der Waals surface area contributed by atoms with Crippen molar-refractivity contribution in [2.24, 2.45) is 5.73 Å². The molecule has 0 aliphatic heterocycles. The molecule has 0 radical (unpaired) electrons. The largest absolute Gasteiger partial charge is 0.416 e. The van der Waals surface area contributed by atoms with E-state index >= 15 is 0 Å². The molecule has 0 aromatic heterocycles. The van der Waals surface area contributed by atoms with Crippen LogP contribution in [0.4, 0.5) is 13.2 Å². The highest BCUT2D eigenvalue weighted by molar-refractivity contribution is 5.85. The monoisotopic (exact) mass is 364 g/mol. The van der Waals surface area contributed by atoms with Crippen LogP contribution in [-0.4, -0.2) is 22.9 Å². The minimum Gasteiger partial charge on any atom is -0.333 e. The molecule has 1 fully saturated rings. The lowest BCUT2D eigenvalue weighted by Crippen LogP contribution is -2.36. The van der Waals surface area contributed by atoms with E-state index in [4.69, 9.17) is 5.73 Å². The Labute approximate surface area is 146 Å². The summed E-state index contributed by atoms with van der Waals surface area (Å²) in [5.41, 5.74) is 5.53. The lowest BCUT2D eigenvalue weighted by molar-refractivity contribution is -0.137. The summed E-state index contributed by atoms with van der Waals surface area (Å²) in [6.45, 7) is 3.63. The van der Waals surface area contributed by atoms with Crippen LogP contribution in [0.3, 0.4) is 0 Å². The molecule has 136 valence electrons. The SMILES string of the molecule is CC(N)CCC(=O)N(C1CC1)C(C)c1cccc(C(F)(F)F)c1.Cl. The summed E-state index contributed by atoms with van der Waals surface area (Å²) in [5.74, 6) is -0.0327. The number of amides is 1. The van der Waals surface area contributed by atoms with E-state index in [2.05, 4.69) is 0 Å². The molecule has 2 unspecified atom stereocenters. The number of rotatable bonds is 6. The van der Waals surface area contributed by atoms with Crippen LogP contribution in [0.25, 0.3) is 0 Å². The predicted octanol–water partition coefficient (Wildman–Crippen LogP) is 4.31. The van der Waals surface area contributed by atoms with Gasteiger partial charge in [-0.25, -0.2) is 0 Å². The van der Waals surface area contributed by atoms with E-state index < -0.39 is 11.7 Å². The minimum absolute atomic E-state index is 0. The van der Waals surface area contributed by atoms with Gasteiger partial charge in [0.05, 0.1) is 11.6 Å². The van der Waals surface area contributed by atoms with E-state index in [0.717, 1.165) is 25.0 Å². The normalized spacial score (nSPS) is 16.9. The molecule has 24 heavy (non-hydrogen) atoms. The molecule has 2 atom stereocenters. The average molecular weight is 365 g/mol. The third-order valence-corrected chi connectivity index (χ3v) is 4.16. The van der Waals surface area contributed by atoms with E-state index in [1.165, 1.54) is 6.07 Å². The van der Waals surface area contributed by atoms with Gasteiger partial charge in [0.15, 0.2) is 0 Å². The second kappa shape index (κ2) is 8.21. The van der Waals surface area contributed by atoms with Crippen LogP contribution in [0.5, 0.6) is 0 Å². The third-order valence-electron chi connectivity index (χ3n) is 4.16. The van der Waals surface area contributed by atoms with Crippen LogP contribution in [0.1, 0.15) is 56.7 Å². The van der Waals surface area contributed by atoms with Gasteiger partial charge >= 0.3 is 6.18 Å². The second-order valence-electron chi connectivity index (χ2n) is 6.35. The predicted molar refractivity (Wildman–Crippen MR) is 89.9 cm³/mol. The number of carbonyl (C=O) groups excluding carboxylic acids is 1. The highest BCUT2D eigenvalue weighted by Crippen LogP contribution is 2.37. The van der Waals surface area contributed by atoms with Crippen molar-refractivity contribution >= 4 is 18.3 Å². The molecule has 1 aliphatic carbocycles. The minimum atomic E-state index is -4.38. The van der Waals surface area contributed by atoms with Crippen molar-refractivity contribution in [3.05, 3.63) is 35.4 Å². The Balaban J connectivity index is 0.00000288. The van der Waals surface area contributed by atoms with Crippen LogP contribution in [0, 0.1) is 0 Å². The molecule has 0 saturated heterocycles. The molecule has 1 aromatic carbocycles. The second-order valence-corrected chi connectivity index (χ2v) is 6.35. The fourth-order valence-electron chi connectivity index (χ4n) is 2.70. The molecule has 7 heteroatoms. The Morgan fingerprint density at radius 1 is 1.33 bits per heavy atom. The number of hydrogen-bond acceptors (Lipinski definition) is 2. The lowest BCUT2D eigenvalue weighted by atomic mass is 10.0. The molecule has 3 nitrogen and oxygen atoms in total. The summed E-state index contributed by atoms with van der Waals surface area (Å²) in [5, 5.41) is 0. The van der Waals surface area contributed by atoms with Gasteiger partial charge in [-0.3, -0.25) is 4.79 Å². The first-order valence-corrected chi connectivity index (χ1v) is 7.94. The first-order valence-electron chi connectivity index (χ1n) is 7.94. The molecular formula is C17H24ClF3N2O. The lowest BCUT2D eigenvalue weighted by Gasteiger charge is -2.30. The van der Waals surface area contributed by atoms with Crippen LogP contribution in [0.2, 0.25) is 0 Å². The zero-order valence-electron chi connectivity index (χ0n) is 13.8. The molecule has 0 heterocycles. The first-order chi connectivity index (χ1) is 10.7. The smallest absolute Gasteiger partial charge is 0.333 e. The zero-order chi connectivity index (χ0) is 17.2. The maximum absolute atomic E-state index is 12.9. The number of nitrogens with zero attached hydrogens (tertiary/aromatic N) is 1. The van der Waals surface area contributed by atoms with Gasteiger partial charge in [-0.1, -0.05) is 12.1 Å². The fraction of sp³-hybridized carbons (Fsp3) is 0.588. The van der Waals surface area contributed by atoms with Crippen molar-refractivity contribution in [2.75, 3.05) is 0 Å². The zero-order valence-corrected chi connectivity index (χ0v) is 14.7. The maximum atomic E-state index is 12.9. The number of alkyl halides is 3.